The van der Waals surface area contributed by atoms with Crippen LogP contribution in [0.1, 0.15) is 25.7 Å². The highest BCUT2D eigenvalue weighted by Crippen LogP contribution is 2.58. The maximum Gasteiger partial charge on any atom is 0.246 e. The molecule has 5 nitrogen and oxygen atoms in total. The maximum absolute atomic E-state index is 12.0. The lowest BCUT2D eigenvalue weighted by Gasteiger charge is -2.66. The molecule has 1 saturated carbocycles. The quantitative estimate of drug-likeness (QED) is 0.727. The van der Waals surface area contributed by atoms with Crippen LogP contribution in [-0.2, 0) is 9.59 Å². The van der Waals surface area contributed by atoms with Crippen LogP contribution in [0.2, 0.25) is 0 Å². The Balaban J connectivity index is 1.74. The largest absolute Gasteiger partial charge is 0.369 e. The number of piperidine rings is 1. The molecule has 2 saturated heterocycles. The molecule has 2 amide bonds. The lowest BCUT2D eigenvalue weighted by atomic mass is 9.50. The number of nitrogens with two attached hydrogens (primary N) is 1. The van der Waals surface area contributed by atoms with Gasteiger partial charge < -0.3 is 16.0 Å². The van der Waals surface area contributed by atoms with Crippen LogP contribution in [-0.4, -0.2) is 42.4 Å². The monoisotopic (exact) mass is 277 g/mol. The molecule has 3 rings (SSSR count). The molecule has 0 radical (unpaired) electrons. The van der Waals surface area contributed by atoms with Crippen molar-refractivity contribution in [3.63, 3.8) is 0 Å². The first-order chi connectivity index (χ1) is 9.57. The lowest BCUT2D eigenvalue weighted by molar-refractivity contribution is -0.187. The van der Waals surface area contributed by atoms with E-state index < -0.39 is 0 Å². The number of hydrogen-bond donors (Lipinski definition) is 2. The van der Waals surface area contributed by atoms with Crippen LogP contribution in [0.15, 0.2) is 12.7 Å². The van der Waals surface area contributed by atoms with Crippen molar-refractivity contribution in [2.24, 2.45) is 23.0 Å². The van der Waals surface area contributed by atoms with Gasteiger partial charge in [-0.25, -0.2) is 0 Å². The Morgan fingerprint density at radius 2 is 2.15 bits per heavy atom. The van der Waals surface area contributed by atoms with Gasteiger partial charge in [0.2, 0.25) is 11.8 Å². The minimum atomic E-state index is -0.190. The third kappa shape index (κ3) is 1.95. The third-order valence-electron chi connectivity index (χ3n) is 5.40. The average molecular weight is 277 g/mol. The fraction of sp³-hybridized carbons (Fsp3) is 0.733. The van der Waals surface area contributed by atoms with Crippen LogP contribution in [0.4, 0.5) is 0 Å². The van der Waals surface area contributed by atoms with E-state index in [1.54, 1.807) is 0 Å². The normalized spacial score (nSPS) is 39.8. The number of nitrogens with zero attached hydrogens (tertiary/aromatic N) is 1. The van der Waals surface area contributed by atoms with Gasteiger partial charge in [-0.3, -0.25) is 9.59 Å². The number of carbonyl (C=O) groups excluding carboxylic acids is 2. The van der Waals surface area contributed by atoms with E-state index in [4.69, 9.17) is 5.73 Å². The van der Waals surface area contributed by atoms with E-state index in [1.165, 1.54) is 6.08 Å². The average Bonchev–Trinajstić information content (AvgIpc) is 2.36. The van der Waals surface area contributed by atoms with Crippen LogP contribution >= 0.6 is 0 Å². The molecule has 0 aromatic heterocycles. The van der Waals surface area contributed by atoms with E-state index in [-0.39, 0.29) is 29.2 Å². The van der Waals surface area contributed by atoms with Gasteiger partial charge in [0.25, 0.3) is 0 Å². The molecular weight excluding hydrogens is 254 g/mol. The number of amides is 2. The molecule has 0 bridgehead atoms. The Kier molecular flexibility index (Phi) is 3.32. The van der Waals surface area contributed by atoms with Gasteiger partial charge in [0.05, 0.1) is 0 Å². The Labute approximate surface area is 119 Å². The zero-order valence-electron chi connectivity index (χ0n) is 11.8. The highest BCUT2D eigenvalue weighted by Gasteiger charge is 2.63. The molecule has 2 atom stereocenters. The zero-order valence-corrected chi connectivity index (χ0v) is 11.8. The number of nitrogens with one attached hydrogen (secondary N) is 1. The van der Waals surface area contributed by atoms with Crippen molar-refractivity contribution in [3.8, 4) is 0 Å². The van der Waals surface area contributed by atoms with Crippen LogP contribution in [0.3, 0.4) is 0 Å². The number of rotatable bonds is 3. The molecule has 2 unspecified atom stereocenters. The number of likely N-dealkylation sites (tertiary alicyclic amines) is 1. The summed E-state index contributed by atoms with van der Waals surface area (Å²) in [6.45, 7) is 6.40. The molecular formula is C15H23N3O2. The van der Waals surface area contributed by atoms with Gasteiger partial charge in [-0.2, -0.15) is 0 Å². The second-order valence-electron chi connectivity index (χ2n) is 6.59. The summed E-state index contributed by atoms with van der Waals surface area (Å²) in [7, 11) is 0. The zero-order chi connectivity index (χ0) is 14.3. The van der Waals surface area contributed by atoms with E-state index in [1.807, 2.05) is 4.90 Å². The summed E-state index contributed by atoms with van der Waals surface area (Å²) < 4.78 is 0. The van der Waals surface area contributed by atoms with Gasteiger partial charge >= 0.3 is 0 Å². The van der Waals surface area contributed by atoms with E-state index >= 15 is 0 Å². The topological polar surface area (TPSA) is 75.4 Å². The van der Waals surface area contributed by atoms with Crippen molar-refractivity contribution in [2.45, 2.75) is 31.7 Å². The minimum absolute atomic E-state index is 0.00929. The summed E-state index contributed by atoms with van der Waals surface area (Å²) in [6, 6.07) is 0.261. The first-order valence-corrected chi connectivity index (χ1v) is 7.50. The Morgan fingerprint density at radius 3 is 2.70 bits per heavy atom. The van der Waals surface area contributed by atoms with Crippen molar-refractivity contribution in [1.29, 1.82) is 0 Å². The minimum Gasteiger partial charge on any atom is -0.369 e. The fourth-order valence-electron chi connectivity index (χ4n) is 4.48. The van der Waals surface area contributed by atoms with Gasteiger partial charge in [0.1, 0.15) is 0 Å². The fourth-order valence-corrected chi connectivity index (χ4v) is 4.48. The summed E-state index contributed by atoms with van der Waals surface area (Å²) in [5.74, 6) is 0.337. The summed E-state index contributed by atoms with van der Waals surface area (Å²) in [5.41, 5.74) is 5.54. The molecule has 3 N–H and O–H groups in total. The summed E-state index contributed by atoms with van der Waals surface area (Å²) in [4.78, 5) is 25.2. The van der Waals surface area contributed by atoms with Crippen molar-refractivity contribution < 1.29 is 9.59 Å². The second-order valence-corrected chi connectivity index (χ2v) is 6.59. The summed E-state index contributed by atoms with van der Waals surface area (Å²) in [6.07, 6.45) is 5.42. The summed E-state index contributed by atoms with van der Waals surface area (Å²) >= 11 is 0. The molecule has 3 aliphatic rings. The maximum atomic E-state index is 12.0. The molecule has 5 heteroatoms. The molecule has 1 aliphatic carbocycles. The van der Waals surface area contributed by atoms with Gasteiger partial charge in [-0.1, -0.05) is 6.58 Å². The van der Waals surface area contributed by atoms with Crippen LogP contribution in [0.25, 0.3) is 0 Å². The highest BCUT2D eigenvalue weighted by molar-refractivity contribution is 5.88. The predicted octanol–water partition coefficient (Wildman–Crippen LogP) is 0.265. The third-order valence-corrected chi connectivity index (χ3v) is 5.40. The Bertz CT molecular complexity index is 436. The van der Waals surface area contributed by atoms with Crippen LogP contribution in [0.5, 0.6) is 0 Å². The molecule has 1 spiro atoms. The molecule has 3 fully saturated rings. The molecule has 2 aliphatic heterocycles. The SMILES string of the molecule is C=CC(=O)N1CC2(CC(C(N)=O)C2)C1C1CCCNC1. The summed E-state index contributed by atoms with van der Waals surface area (Å²) in [5, 5.41) is 3.43. The Hall–Kier alpha value is -1.36. The van der Waals surface area contributed by atoms with Crippen LogP contribution in [0, 0.1) is 17.3 Å². The Morgan fingerprint density at radius 1 is 1.40 bits per heavy atom. The lowest BCUT2D eigenvalue weighted by Crippen LogP contribution is -2.74. The van der Waals surface area contributed by atoms with E-state index in [0.29, 0.717) is 5.92 Å². The second kappa shape index (κ2) is 4.88. The molecule has 110 valence electrons. The molecule has 2 heterocycles. The first-order valence-electron chi connectivity index (χ1n) is 7.50. The van der Waals surface area contributed by atoms with Gasteiger partial charge in [0, 0.05) is 23.9 Å². The van der Waals surface area contributed by atoms with Crippen molar-refractivity contribution in [1.82, 2.24) is 10.2 Å². The van der Waals surface area contributed by atoms with Crippen molar-refractivity contribution >= 4 is 11.8 Å². The van der Waals surface area contributed by atoms with Crippen LogP contribution < -0.4 is 11.1 Å². The number of carbonyl (C=O) groups is 2. The van der Waals surface area contributed by atoms with E-state index in [0.717, 1.165) is 45.3 Å². The predicted molar refractivity (Wildman–Crippen MR) is 75.6 cm³/mol. The molecule has 0 aromatic rings. The van der Waals surface area contributed by atoms with E-state index in [2.05, 4.69) is 11.9 Å². The van der Waals surface area contributed by atoms with Gasteiger partial charge in [-0.05, 0) is 50.8 Å². The van der Waals surface area contributed by atoms with Gasteiger partial charge in [0.15, 0.2) is 0 Å². The first kappa shape index (κ1) is 13.6. The van der Waals surface area contributed by atoms with E-state index in [9.17, 15) is 9.59 Å². The standard InChI is InChI=1S/C15H23N3O2/c1-2-12(19)18-9-15(6-11(7-15)14(16)20)13(18)10-4-3-5-17-8-10/h2,10-11,13,17H,1,3-9H2,(H2,16,20). The molecule has 0 aromatic carbocycles. The molecule has 20 heavy (non-hydrogen) atoms. The van der Waals surface area contributed by atoms with Crippen molar-refractivity contribution in [2.75, 3.05) is 19.6 Å². The smallest absolute Gasteiger partial charge is 0.246 e. The number of hydrogen-bond acceptors (Lipinski definition) is 3. The van der Waals surface area contributed by atoms with Gasteiger partial charge in [-0.15, -0.1) is 0 Å². The highest BCUT2D eigenvalue weighted by atomic mass is 16.2. The van der Waals surface area contributed by atoms with Crippen molar-refractivity contribution in [3.05, 3.63) is 12.7 Å². The number of primary amides is 1.